The molecule has 2 bridgehead atoms. The molecule has 0 radical (unpaired) electrons. The van der Waals surface area contributed by atoms with Crippen LogP contribution >= 0.6 is 0 Å². The van der Waals surface area contributed by atoms with E-state index in [0.717, 1.165) is 29.6 Å². The van der Waals surface area contributed by atoms with Gasteiger partial charge in [-0.25, -0.2) is 0 Å². The molecule has 0 saturated heterocycles. The molecule has 4 aliphatic rings. The summed E-state index contributed by atoms with van der Waals surface area (Å²) in [6.45, 7) is 0. The third-order valence-corrected chi connectivity index (χ3v) is 11.9. The van der Waals surface area contributed by atoms with Crippen molar-refractivity contribution in [3.8, 4) is 22.3 Å². The number of nitrogens with zero attached hydrogens (tertiary/aromatic N) is 1. The molecule has 3 aliphatic carbocycles. The largest absolute Gasteiger partial charge is 0.455 e. The summed E-state index contributed by atoms with van der Waals surface area (Å²) in [6, 6.07) is 47.0. The van der Waals surface area contributed by atoms with E-state index in [-0.39, 0.29) is 5.41 Å². The fraction of sp³-hybridized carbons (Fsp3) is 0.149. The van der Waals surface area contributed by atoms with Crippen molar-refractivity contribution in [3.63, 3.8) is 0 Å². The number of benzene rings is 6. The Kier molecular flexibility index (Phi) is 5.70. The number of anilines is 3. The van der Waals surface area contributed by atoms with Crippen LogP contribution in [0.5, 0.6) is 0 Å². The van der Waals surface area contributed by atoms with Gasteiger partial charge in [-0.2, -0.15) is 0 Å². The molecule has 2 heteroatoms. The highest BCUT2D eigenvalue weighted by Gasteiger charge is 2.56. The lowest BCUT2D eigenvalue weighted by molar-refractivity contribution is 0.544. The van der Waals surface area contributed by atoms with Crippen LogP contribution < -0.4 is 4.90 Å². The minimum absolute atomic E-state index is 0.0118. The Morgan fingerprint density at radius 2 is 1.45 bits per heavy atom. The van der Waals surface area contributed by atoms with Gasteiger partial charge in [-0.1, -0.05) is 109 Å². The van der Waals surface area contributed by atoms with Gasteiger partial charge in [0, 0.05) is 27.4 Å². The molecule has 7 aromatic rings. The fourth-order valence-corrected chi connectivity index (χ4v) is 9.78. The van der Waals surface area contributed by atoms with Crippen molar-refractivity contribution in [2.75, 3.05) is 4.90 Å². The van der Waals surface area contributed by atoms with Gasteiger partial charge >= 0.3 is 0 Å². The second-order valence-corrected chi connectivity index (χ2v) is 14.3. The average molecular weight is 630 g/mol. The molecule has 234 valence electrons. The Morgan fingerprint density at radius 3 is 2.33 bits per heavy atom. The van der Waals surface area contributed by atoms with Gasteiger partial charge in [-0.15, -0.1) is 0 Å². The van der Waals surface area contributed by atoms with Crippen LogP contribution in [0.15, 0.2) is 150 Å². The van der Waals surface area contributed by atoms with E-state index in [1.807, 2.05) is 0 Å². The molecule has 1 fully saturated rings. The maximum absolute atomic E-state index is 6.56. The summed E-state index contributed by atoms with van der Waals surface area (Å²) in [6.07, 6.45) is 13.1. The summed E-state index contributed by atoms with van der Waals surface area (Å²) in [4.78, 5) is 2.55. The van der Waals surface area contributed by atoms with Crippen molar-refractivity contribution < 1.29 is 4.42 Å². The van der Waals surface area contributed by atoms with Gasteiger partial charge in [0.05, 0.1) is 11.4 Å². The summed E-state index contributed by atoms with van der Waals surface area (Å²) >= 11 is 0. The van der Waals surface area contributed by atoms with Crippen LogP contribution in [0.3, 0.4) is 0 Å². The van der Waals surface area contributed by atoms with Crippen LogP contribution in [0.1, 0.15) is 60.3 Å². The number of fused-ring (bicyclic) bond motifs is 6. The van der Waals surface area contributed by atoms with Crippen LogP contribution in [0.2, 0.25) is 0 Å². The van der Waals surface area contributed by atoms with Gasteiger partial charge < -0.3 is 9.32 Å². The van der Waals surface area contributed by atoms with Crippen molar-refractivity contribution in [1.82, 2.24) is 0 Å². The van der Waals surface area contributed by atoms with Crippen LogP contribution in [0.4, 0.5) is 17.1 Å². The highest BCUT2D eigenvalue weighted by molar-refractivity contribution is 6.09. The number of hydrogen-bond donors (Lipinski definition) is 0. The summed E-state index contributed by atoms with van der Waals surface area (Å²) < 4.78 is 6.56. The van der Waals surface area contributed by atoms with E-state index in [0.29, 0.717) is 5.92 Å². The zero-order valence-electron chi connectivity index (χ0n) is 27.3. The molecule has 2 atom stereocenters. The first-order valence-corrected chi connectivity index (χ1v) is 17.8. The van der Waals surface area contributed by atoms with Crippen molar-refractivity contribution in [3.05, 3.63) is 168 Å². The third kappa shape index (κ3) is 3.83. The molecular formula is C47H35NO. The first-order valence-electron chi connectivity index (χ1n) is 17.8. The van der Waals surface area contributed by atoms with Gasteiger partial charge in [-0.05, 0) is 119 Å². The van der Waals surface area contributed by atoms with Gasteiger partial charge in [0.15, 0.2) is 0 Å². The lowest BCUT2D eigenvalue weighted by Gasteiger charge is -2.44. The molecule has 2 heterocycles. The van der Waals surface area contributed by atoms with Crippen LogP contribution in [0, 0.1) is 0 Å². The van der Waals surface area contributed by atoms with Crippen molar-refractivity contribution >= 4 is 44.6 Å². The van der Waals surface area contributed by atoms with Gasteiger partial charge in [0.2, 0.25) is 0 Å². The predicted octanol–water partition coefficient (Wildman–Crippen LogP) is 13.0. The fourth-order valence-electron chi connectivity index (χ4n) is 9.78. The number of furan rings is 1. The summed E-state index contributed by atoms with van der Waals surface area (Å²) in [7, 11) is 0. The van der Waals surface area contributed by atoms with Crippen molar-refractivity contribution in [1.29, 1.82) is 0 Å². The number of rotatable bonds is 4. The smallest absolute Gasteiger partial charge is 0.143 e. The lowest BCUT2D eigenvalue weighted by Crippen LogP contribution is -2.33. The standard InChI is InChI=1S/C47H35NO/c1-3-10-30(11-4-1)31-18-21-35(22-19-31)48-41-24-20-33(37-15-9-16-39-38-14-7-8-17-43(38)49-46(37)39)28-40(41)47-27-26-34(29-47)44-36(23-25-42(48)45(44)47)32-12-5-2-6-13-32/h1,3-5,7-25,28,34H,2,6,26-27,29H2. The van der Waals surface area contributed by atoms with Crippen molar-refractivity contribution in [2.24, 2.45) is 0 Å². The van der Waals surface area contributed by atoms with E-state index in [2.05, 4.69) is 151 Å². The second kappa shape index (κ2) is 10.2. The molecule has 2 unspecified atom stereocenters. The lowest BCUT2D eigenvalue weighted by atomic mass is 9.68. The minimum atomic E-state index is 0.0118. The van der Waals surface area contributed by atoms with E-state index < -0.39 is 0 Å². The average Bonchev–Trinajstić information content (AvgIpc) is 3.88. The monoisotopic (exact) mass is 629 g/mol. The normalized spacial score (nSPS) is 20.1. The van der Waals surface area contributed by atoms with Crippen LogP contribution in [-0.2, 0) is 5.41 Å². The first kappa shape index (κ1) is 27.4. The van der Waals surface area contributed by atoms with E-state index in [1.54, 1.807) is 11.1 Å². The third-order valence-electron chi connectivity index (χ3n) is 11.9. The molecule has 0 N–H and O–H groups in total. The van der Waals surface area contributed by atoms with E-state index >= 15 is 0 Å². The number of hydrogen-bond acceptors (Lipinski definition) is 2. The minimum Gasteiger partial charge on any atom is -0.455 e. The maximum Gasteiger partial charge on any atom is 0.143 e. The molecule has 49 heavy (non-hydrogen) atoms. The molecule has 1 aliphatic heterocycles. The number of para-hydroxylation sites is 2. The molecule has 1 spiro atoms. The first-order chi connectivity index (χ1) is 24.3. The Bertz CT molecular complexity index is 2530. The Labute approximate surface area is 286 Å². The topological polar surface area (TPSA) is 16.4 Å². The summed E-state index contributed by atoms with van der Waals surface area (Å²) in [5, 5.41) is 2.35. The molecule has 0 amide bonds. The van der Waals surface area contributed by atoms with E-state index in [4.69, 9.17) is 4.42 Å². The maximum atomic E-state index is 6.56. The second-order valence-electron chi connectivity index (χ2n) is 14.3. The predicted molar refractivity (Wildman–Crippen MR) is 203 cm³/mol. The quantitative estimate of drug-likeness (QED) is 0.193. The molecule has 2 nitrogen and oxygen atoms in total. The van der Waals surface area contributed by atoms with Gasteiger partial charge in [0.25, 0.3) is 0 Å². The van der Waals surface area contributed by atoms with E-state index in [1.165, 1.54) is 80.5 Å². The Hall–Kier alpha value is -5.60. The molecule has 1 aromatic heterocycles. The Morgan fingerprint density at radius 1 is 0.653 bits per heavy atom. The zero-order chi connectivity index (χ0) is 32.1. The van der Waals surface area contributed by atoms with Crippen molar-refractivity contribution in [2.45, 2.75) is 43.4 Å². The molecule has 1 saturated carbocycles. The molecule has 6 aromatic carbocycles. The van der Waals surface area contributed by atoms with E-state index in [9.17, 15) is 0 Å². The van der Waals surface area contributed by atoms with Crippen LogP contribution in [-0.4, -0.2) is 0 Å². The Balaban J connectivity index is 1.14. The SMILES string of the molecule is C1=CC(c2ccc3c4c2C2CCC4(C2)c2cc(-c4cccc5c4oc4ccccc45)ccc2N3c2ccc(-c3ccccc3)cc2)=CCC1. The number of allylic oxidation sites excluding steroid dienone is 4. The highest BCUT2D eigenvalue weighted by atomic mass is 16.3. The van der Waals surface area contributed by atoms with Gasteiger partial charge in [0.1, 0.15) is 11.2 Å². The summed E-state index contributed by atoms with van der Waals surface area (Å²) in [5.41, 5.74) is 18.2. The zero-order valence-corrected chi connectivity index (χ0v) is 27.3. The van der Waals surface area contributed by atoms with Gasteiger partial charge in [-0.3, -0.25) is 0 Å². The molecule has 11 rings (SSSR count). The summed E-state index contributed by atoms with van der Waals surface area (Å²) in [5.74, 6) is 0.580. The molecular weight excluding hydrogens is 595 g/mol. The van der Waals surface area contributed by atoms with Crippen LogP contribution in [0.25, 0.3) is 49.8 Å². The highest BCUT2D eigenvalue weighted by Crippen LogP contribution is 2.68.